The molecule has 9 heteroatoms. The maximum absolute atomic E-state index is 12.1. The predicted molar refractivity (Wildman–Crippen MR) is 74.4 cm³/mol. The summed E-state index contributed by atoms with van der Waals surface area (Å²) < 4.78 is 26.3. The summed E-state index contributed by atoms with van der Waals surface area (Å²) >= 11 is 0. The molecule has 0 saturated carbocycles. The van der Waals surface area contributed by atoms with Crippen molar-refractivity contribution in [3.05, 3.63) is 33.9 Å². The number of nitrogens with zero attached hydrogens (tertiary/aromatic N) is 1. The van der Waals surface area contributed by atoms with Gasteiger partial charge in [-0.25, -0.2) is 8.42 Å². The number of benzene rings is 1. The second-order valence-corrected chi connectivity index (χ2v) is 6.60. The Hall–Kier alpha value is -2.00. The van der Waals surface area contributed by atoms with Gasteiger partial charge < -0.3 is 5.11 Å². The van der Waals surface area contributed by atoms with Crippen molar-refractivity contribution in [2.45, 2.75) is 31.7 Å². The number of aliphatic carboxylic acids is 1. The molecule has 2 N–H and O–H groups in total. The molecule has 0 spiro atoms. The van der Waals surface area contributed by atoms with Crippen LogP contribution in [0.5, 0.6) is 0 Å². The molecule has 1 unspecified atom stereocenters. The van der Waals surface area contributed by atoms with Gasteiger partial charge in [0.25, 0.3) is 5.69 Å². The molecule has 0 radical (unpaired) electrons. The van der Waals surface area contributed by atoms with Gasteiger partial charge >= 0.3 is 5.97 Å². The molecular weight excluding hydrogens is 300 g/mol. The van der Waals surface area contributed by atoms with Crippen molar-refractivity contribution in [3.8, 4) is 0 Å². The van der Waals surface area contributed by atoms with Crippen molar-refractivity contribution in [2.24, 2.45) is 5.92 Å². The first-order valence-electron chi connectivity index (χ1n) is 6.06. The van der Waals surface area contributed by atoms with E-state index in [1.807, 2.05) is 4.72 Å². The fourth-order valence-corrected chi connectivity index (χ4v) is 3.02. The van der Waals surface area contributed by atoms with E-state index in [1.54, 1.807) is 13.8 Å². The van der Waals surface area contributed by atoms with Gasteiger partial charge in [-0.2, -0.15) is 4.72 Å². The van der Waals surface area contributed by atoms with Gasteiger partial charge in [0.2, 0.25) is 10.0 Å². The maximum atomic E-state index is 12.1. The minimum absolute atomic E-state index is 0.317. The first-order valence-corrected chi connectivity index (χ1v) is 7.54. The molecule has 0 fully saturated rings. The number of carbonyl (C=O) groups is 1. The smallest absolute Gasteiger partial charge is 0.322 e. The summed E-state index contributed by atoms with van der Waals surface area (Å²) in [5, 5.41) is 19.8. The van der Waals surface area contributed by atoms with E-state index in [-0.39, 0.29) is 10.6 Å². The monoisotopic (exact) mass is 316 g/mol. The predicted octanol–water partition coefficient (Wildman–Crippen LogP) is 1.29. The molecule has 1 rings (SSSR count). The molecular formula is C12H16N2O6S. The zero-order chi connectivity index (χ0) is 16.4. The molecule has 8 nitrogen and oxygen atoms in total. The Bertz CT molecular complexity index is 668. The molecule has 0 aliphatic carbocycles. The van der Waals surface area contributed by atoms with E-state index >= 15 is 0 Å². The van der Waals surface area contributed by atoms with Crippen molar-refractivity contribution in [3.63, 3.8) is 0 Å². The molecule has 0 aliphatic heterocycles. The van der Waals surface area contributed by atoms with Gasteiger partial charge in [-0.05, 0) is 18.9 Å². The lowest BCUT2D eigenvalue weighted by Crippen LogP contribution is -2.44. The lowest BCUT2D eigenvalue weighted by atomic mass is 10.1. The van der Waals surface area contributed by atoms with Crippen LogP contribution in [-0.2, 0) is 14.8 Å². The number of nitro groups is 1. The van der Waals surface area contributed by atoms with Crippen LogP contribution in [-0.4, -0.2) is 30.5 Å². The molecule has 1 atom stereocenters. The van der Waals surface area contributed by atoms with Crippen LogP contribution in [0.4, 0.5) is 5.69 Å². The molecule has 21 heavy (non-hydrogen) atoms. The van der Waals surface area contributed by atoms with Gasteiger partial charge in [-0.1, -0.05) is 19.9 Å². The van der Waals surface area contributed by atoms with E-state index in [9.17, 15) is 23.3 Å². The quantitative estimate of drug-likeness (QED) is 0.601. The van der Waals surface area contributed by atoms with Crippen LogP contribution in [0.2, 0.25) is 0 Å². The summed E-state index contributed by atoms with van der Waals surface area (Å²) in [7, 11) is -4.16. The first-order chi connectivity index (χ1) is 9.56. The summed E-state index contributed by atoms with van der Waals surface area (Å²) in [5.74, 6) is -1.78. The van der Waals surface area contributed by atoms with Crippen molar-refractivity contribution in [2.75, 3.05) is 0 Å². The van der Waals surface area contributed by atoms with Crippen LogP contribution in [0.25, 0.3) is 0 Å². The maximum Gasteiger partial charge on any atom is 0.322 e. The van der Waals surface area contributed by atoms with E-state index < -0.39 is 32.9 Å². The number of nitrogens with one attached hydrogen (secondary N) is 1. The van der Waals surface area contributed by atoms with Gasteiger partial charge in [0, 0.05) is 11.6 Å². The molecule has 0 amide bonds. The molecule has 116 valence electrons. The molecule has 0 saturated heterocycles. The summed E-state index contributed by atoms with van der Waals surface area (Å²) in [4.78, 5) is 20.8. The highest BCUT2D eigenvalue weighted by molar-refractivity contribution is 7.89. The Morgan fingerprint density at radius 2 is 1.95 bits per heavy atom. The highest BCUT2D eigenvalue weighted by Gasteiger charge is 2.29. The zero-order valence-corrected chi connectivity index (χ0v) is 12.5. The Kier molecular flexibility index (Phi) is 5.02. The van der Waals surface area contributed by atoms with E-state index in [2.05, 4.69) is 0 Å². The number of nitro benzene ring substituents is 1. The van der Waals surface area contributed by atoms with E-state index in [0.29, 0.717) is 5.56 Å². The lowest BCUT2D eigenvalue weighted by Gasteiger charge is -2.18. The van der Waals surface area contributed by atoms with Crippen molar-refractivity contribution < 1.29 is 23.2 Å². The Morgan fingerprint density at radius 1 is 1.38 bits per heavy atom. The van der Waals surface area contributed by atoms with Crippen LogP contribution < -0.4 is 4.72 Å². The third-order valence-corrected chi connectivity index (χ3v) is 4.34. The van der Waals surface area contributed by atoms with Gasteiger partial charge in [0.1, 0.15) is 6.04 Å². The van der Waals surface area contributed by atoms with Crippen LogP contribution in [0.3, 0.4) is 0 Å². The minimum Gasteiger partial charge on any atom is -0.480 e. The highest BCUT2D eigenvalue weighted by atomic mass is 32.2. The van der Waals surface area contributed by atoms with Gasteiger partial charge in [0.15, 0.2) is 0 Å². The Balaban J connectivity index is 3.22. The van der Waals surface area contributed by atoms with Gasteiger partial charge in [-0.3, -0.25) is 14.9 Å². The first kappa shape index (κ1) is 17.1. The average molecular weight is 316 g/mol. The van der Waals surface area contributed by atoms with Gasteiger partial charge in [-0.15, -0.1) is 0 Å². The summed E-state index contributed by atoms with van der Waals surface area (Å²) in [5.41, 5.74) is -0.0214. The molecule has 1 aromatic rings. The third-order valence-electron chi connectivity index (χ3n) is 2.90. The number of carboxylic acid groups (broad SMARTS) is 1. The number of sulfonamides is 1. The standard InChI is InChI=1S/C12H16N2O6S/c1-7(2)11(12(15)16)13-21(19,20)9-5-4-8(3)10(6-9)14(17)18/h4-7,11,13H,1-3H3,(H,15,16). The number of hydrogen-bond acceptors (Lipinski definition) is 5. The number of aryl methyl sites for hydroxylation is 1. The molecule has 0 aliphatic rings. The van der Waals surface area contributed by atoms with Crippen LogP contribution in [0.1, 0.15) is 19.4 Å². The van der Waals surface area contributed by atoms with Crippen LogP contribution >= 0.6 is 0 Å². The normalized spacial score (nSPS) is 13.1. The minimum atomic E-state index is -4.16. The van der Waals surface area contributed by atoms with Crippen LogP contribution in [0.15, 0.2) is 23.1 Å². The topological polar surface area (TPSA) is 127 Å². The van der Waals surface area contributed by atoms with Gasteiger partial charge in [0.05, 0.1) is 9.82 Å². The highest BCUT2D eigenvalue weighted by Crippen LogP contribution is 2.22. The second-order valence-electron chi connectivity index (χ2n) is 4.89. The van der Waals surface area contributed by atoms with E-state index in [0.717, 1.165) is 6.07 Å². The lowest BCUT2D eigenvalue weighted by molar-refractivity contribution is -0.385. The van der Waals surface area contributed by atoms with E-state index in [4.69, 9.17) is 5.11 Å². The number of rotatable bonds is 6. The van der Waals surface area contributed by atoms with Crippen molar-refractivity contribution in [1.82, 2.24) is 4.72 Å². The largest absolute Gasteiger partial charge is 0.480 e. The number of hydrogen-bond donors (Lipinski definition) is 2. The molecule has 0 aromatic heterocycles. The second kappa shape index (κ2) is 6.19. The number of carboxylic acids is 1. The fraction of sp³-hybridized carbons (Fsp3) is 0.417. The SMILES string of the molecule is Cc1ccc(S(=O)(=O)NC(C(=O)O)C(C)C)cc1[N+](=O)[O-]. The summed E-state index contributed by atoms with van der Waals surface area (Å²) in [6.07, 6.45) is 0. The average Bonchev–Trinajstić information content (AvgIpc) is 2.35. The molecule has 1 aromatic carbocycles. The van der Waals surface area contributed by atoms with Crippen molar-refractivity contribution >= 4 is 21.7 Å². The Morgan fingerprint density at radius 3 is 2.38 bits per heavy atom. The zero-order valence-electron chi connectivity index (χ0n) is 11.7. The fourth-order valence-electron chi connectivity index (χ4n) is 1.66. The summed E-state index contributed by atoms with van der Waals surface area (Å²) in [6, 6.07) is 2.11. The Labute approximate surface area is 122 Å². The van der Waals surface area contributed by atoms with E-state index in [1.165, 1.54) is 19.1 Å². The molecule has 0 bridgehead atoms. The third kappa shape index (κ3) is 3.99. The van der Waals surface area contributed by atoms with Crippen molar-refractivity contribution in [1.29, 1.82) is 0 Å². The molecule has 0 heterocycles. The summed E-state index contributed by atoms with van der Waals surface area (Å²) in [6.45, 7) is 4.59. The van der Waals surface area contributed by atoms with Crippen LogP contribution in [0, 0.1) is 23.0 Å².